The Morgan fingerprint density at radius 3 is 3.00 bits per heavy atom. The average molecular weight is 189 g/mol. The van der Waals surface area contributed by atoms with E-state index in [-0.39, 0.29) is 6.10 Å². The fourth-order valence-corrected chi connectivity index (χ4v) is 2.68. The number of hydrogen-bond donors (Lipinski definition) is 2. The van der Waals surface area contributed by atoms with Gasteiger partial charge in [0.05, 0.1) is 6.10 Å². The van der Waals surface area contributed by atoms with Gasteiger partial charge in [-0.3, -0.25) is 0 Å². The van der Waals surface area contributed by atoms with E-state index in [0.29, 0.717) is 11.3 Å². The van der Waals surface area contributed by atoms with Gasteiger partial charge in [0.25, 0.3) is 0 Å². The zero-order valence-electron chi connectivity index (χ0n) is 7.92. The quantitative estimate of drug-likeness (QED) is 0.700. The van der Waals surface area contributed by atoms with Gasteiger partial charge in [0.15, 0.2) is 0 Å². The minimum Gasteiger partial charge on any atom is -0.392 e. The summed E-state index contributed by atoms with van der Waals surface area (Å²) in [4.78, 5) is 0. The van der Waals surface area contributed by atoms with E-state index in [2.05, 4.69) is 12.2 Å². The van der Waals surface area contributed by atoms with E-state index in [1.807, 2.05) is 18.7 Å². The molecule has 0 aromatic rings. The minimum absolute atomic E-state index is 0.218. The molecule has 0 radical (unpaired) electrons. The fraction of sp³-hybridized carbons (Fsp3) is 1.00. The summed E-state index contributed by atoms with van der Waals surface area (Å²) in [5.74, 6) is 1.30. The lowest BCUT2D eigenvalue weighted by Gasteiger charge is -2.29. The molecule has 0 aliphatic carbocycles. The first-order valence-electron chi connectivity index (χ1n) is 4.73. The van der Waals surface area contributed by atoms with E-state index in [0.717, 1.165) is 6.54 Å². The number of aliphatic hydroxyl groups excluding tert-OH is 1. The third-order valence-corrected chi connectivity index (χ3v) is 3.66. The van der Waals surface area contributed by atoms with E-state index in [9.17, 15) is 0 Å². The first kappa shape index (κ1) is 10.4. The molecule has 1 fully saturated rings. The summed E-state index contributed by atoms with van der Waals surface area (Å²) < 4.78 is 0. The maximum Gasteiger partial charge on any atom is 0.0636 e. The van der Waals surface area contributed by atoms with Crippen LogP contribution in [0, 0.1) is 0 Å². The van der Waals surface area contributed by atoms with Crippen molar-refractivity contribution in [2.45, 2.75) is 44.1 Å². The van der Waals surface area contributed by atoms with E-state index in [1.165, 1.54) is 18.6 Å². The van der Waals surface area contributed by atoms with Crippen LogP contribution in [0.25, 0.3) is 0 Å². The van der Waals surface area contributed by atoms with Crippen molar-refractivity contribution >= 4 is 11.8 Å². The molecule has 0 aromatic heterocycles. The van der Waals surface area contributed by atoms with E-state index in [4.69, 9.17) is 5.11 Å². The Bertz CT molecular complexity index is 130. The maximum atomic E-state index is 9.10. The predicted molar refractivity (Wildman–Crippen MR) is 54.6 cm³/mol. The Hall–Kier alpha value is 0.270. The summed E-state index contributed by atoms with van der Waals surface area (Å²) in [6, 6.07) is 0.610. The smallest absolute Gasteiger partial charge is 0.0636 e. The lowest BCUT2D eigenvalue weighted by molar-refractivity contribution is 0.184. The summed E-state index contributed by atoms with van der Waals surface area (Å²) in [5, 5.41) is 13.2. The molecule has 3 atom stereocenters. The standard InChI is InChI=1S/C9H19NOS/c1-7(11)6-10-9-4-3-5-12-8(9)2/h7-11H,3-6H2,1-2H3. The van der Waals surface area contributed by atoms with Crippen LogP contribution in [0.4, 0.5) is 0 Å². The molecule has 2 N–H and O–H groups in total. The van der Waals surface area contributed by atoms with Crippen molar-refractivity contribution in [3.05, 3.63) is 0 Å². The van der Waals surface area contributed by atoms with Crippen molar-refractivity contribution in [3.8, 4) is 0 Å². The molecule has 1 heterocycles. The third kappa shape index (κ3) is 3.33. The Kier molecular flexibility index (Phi) is 4.40. The number of thioether (sulfide) groups is 1. The summed E-state index contributed by atoms with van der Waals surface area (Å²) >= 11 is 2.03. The highest BCUT2D eigenvalue weighted by molar-refractivity contribution is 7.99. The molecule has 0 aromatic carbocycles. The molecule has 0 spiro atoms. The average Bonchev–Trinajstić information content (AvgIpc) is 2.03. The zero-order chi connectivity index (χ0) is 8.97. The molecule has 3 unspecified atom stereocenters. The Balaban J connectivity index is 2.20. The van der Waals surface area contributed by atoms with Crippen molar-refractivity contribution in [1.29, 1.82) is 0 Å². The van der Waals surface area contributed by atoms with Gasteiger partial charge in [-0.05, 0) is 25.5 Å². The highest BCUT2D eigenvalue weighted by atomic mass is 32.2. The van der Waals surface area contributed by atoms with Crippen molar-refractivity contribution < 1.29 is 5.11 Å². The van der Waals surface area contributed by atoms with Gasteiger partial charge in [-0.25, -0.2) is 0 Å². The highest BCUT2D eigenvalue weighted by Crippen LogP contribution is 2.24. The Morgan fingerprint density at radius 1 is 1.67 bits per heavy atom. The molecule has 0 saturated carbocycles. The summed E-state index contributed by atoms with van der Waals surface area (Å²) in [6.07, 6.45) is 2.36. The number of nitrogens with one attached hydrogen (secondary N) is 1. The molecule has 0 amide bonds. The van der Waals surface area contributed by atoms with Crippen molar-refractivity contribution in [1.82, 2.24) is 5.32 Å². The van der Waals surface area contributed by atoms with Crippen molar-refractivity contribution in [2.75, 3.05) is 12.3 Å². The predicted octanol–water partition coefficient (Wildman–Crippen LogP) is 1.24. The molecule has 0 bridgehead atoms. The van der Waals surface area contributed by atoms with Gasteiger partial charge < -0.3 is 10.4 Å². The zero-order valence-corrected chi connectivity index (χ0v) is 8.73. The van der Waals surface area contributed by atoms with Gasteiger partial charge in [-0.15, -0.1) is 0 Å². The van der Waals surface area contributed by atoms with Crippen LogP contribution in [-0.2, 0) is 0 Å². The summed E-state index contributed by atoms with van der Waals surface area (Å²) in [7, 11) is 0. The largest absolute Gasteiger partial charge is 0.392 e. The van der Waals surface area contributed by atoms with Gasteiger partial charge in [0.1, 0.15) is 0 Å². The number of aliphatic hydroxyl groups is 1. The second kappa shape index (κ2) is 5.10. The van der Waals surface area contributed by atoms with Gasteiger partial charge in [0.2, 0.25) is 0 Å². The van der Waals surface area contributed by atoms with Crippen molar-refractivity contribution in [3.63, 3.8) is 0 Å². The Morgan fingerprint density at radius 2 is 2.42 bits per heavy atom. The molecular formula is C9H19NOS. The van der Waals surface area contributed by atoms with Crippen LogP contribution in [0.15, 0.2) is 0 Å². The van der Waals surface area contributed by atoms with Crippen LogP contribution in [0.3, 0.4) is 0 Å². The molecule has 12 heavy (non-hydrogen) atoms. The third-order valence-electron chi connectivity index (χ3n) is 2.28. The van der Waals surface area contributed by atoms with Crippen LogP contribution in [0.1, 0.15) is 26.7 Å². The normalized spacial score (nSPS) is 33.2. The molecule has 3 heteroatoms. The number of rotatable bonds is 3. The van der Waals surface area contributed by atoms with E-state index >= 15 is 0 Å². The monoisotopic (exact) mass is 189 g/mol. The SMILES string of the molecule is CC(O)CNC1CCCSC1C. The highest BCUT2D eigenvalue weighted by Gasteiger charge is 2.20. The molecule has 1 saturated heterocycles. The van der Waals surface area contributed by atoms with E-state index in [1.54, 1.807) is 0 Å². The van der Waals surface area contributed by atoms with Gasteiger partial charge >= 0.3 is 0 Å². The van der Waals surface area contributed by atoms with E-state index < -0.39 is 0 Å². The van der Waals surface area contributed by atoms with Crippen LogP contribution < -0.4 is 5.32 Å². The van der Waals surface area contributed by atoms with Crippen molar-refractivity contribution in [2.24, 2.45) is 0 Å². The van der Waals surface area contributed by atoms with Gasteiger partial charge in [0, 0.05) is 17.8 Å². The number of hydrogen-bond acceptors (Lipinski definition) is 3. The van der Waals surface area contributed by atoms with Crippen LogP contribution in [0.2, 0.25) is 0 Å². The first-order valence-corrected chi connectivity index (χ1v) is 5.78. The molecule has 72 valence electrons. The second-order valence-electron chi connectivity index (χ2n) is 3.58. The molecule has 1 aliphatic rings. The molecule has 1 aliphatic heterocycles. The first-order chi connectivity index (χ1) is 5.70. The van der Waals surface area contributed by atoms with Crippen LogP contribution >= 0.6 is 11.8 Å². The summed E-state index contributed by atoms with van der Waals surface area (Å²) in [5.41, 5.74) is 0. The van der Waals surface area contributed by atoms with Gasteiger partial charge in [-0.2, -0.15) is 11.8 Å². The molecule has 2 nitrogen and oxygen atoms in total. The lowest BCUT2D eigenvalue weighted by Crippen LogP contribution is -2.42. The maximum absolute atomic E-state index is 9.10. The lowest BCUT2D eigenvalue weighted by atomic mass is 10.1. The van der Waals surface area contributed by atoms with Gasteiger partial charge in [-0.1, -0.05) is 6.92 Å². The summed E-state index contributed by atoms with van der Waals surface area (Å²) in [6.45, 7) is 4.83. The van der Waals surface area contributed by atoms with Crippen LogP contribution in [-0.4, -0.2) is 34.8 Å². The van der Waals surface area contributed by atoms with Crippen LogP contribution in [0.5, 0.6) is 0 Å². The Labute approximate surface area is 79.1 Å². The molecule has 1 rings (SSSR count). The second-order valence-corrected chi connectivity index (χ2v) is 5.07. The topological polar surface area (TPSA) is 32.3 Å². The minimum atomic E-state index is -0.218. The molecular weight excluding hydrogens is 170 g/mol. The fourth-order valence-electron chi connectivity index (χ4n) is 1.51.